The second-order valence-corrected chi connectivity index (χ2v) is 7.20. The van der Waals surface area contributed by atoms with E-state index in [2.05, 4.69) is 41.7 Å². The average Bonchev–Trinajstić information content (AvgIpc) is 2.60. The molecule has 0 aliphatic rings. The van der Waals surface area contributed by atoms with Crippen LogP contribution in [0, 0.1) is 0 Å². The molecule has 0 amide bonds. The van der Waals surface area contributed by atoms with Gasteiger partial charge in [-0.3, -0.25) is 9.40 Å². The zero-order chi connectivity index (χ0) is 14.2. The minimum absolute atomic E-state index is 0.000414. The number of anilines is 2. The predicted octanol–water partition coefficient (Wildman–Crippen LogP) is 2.33. The number of aryl methyl sites for hydroxylation is 1. The lowest BCUT2D eigenvalue weighted by molar-refractivity contribution is 0.601. The van der Waals surface area contributed by atoms with Crippen molar-refractivity contribution in [3.8, 4) is 0 Å². The monoisotopic (exact) mass is 408 g/mol. The smallest absolute Gasteiger partial charge is 0.265 e. The summed E-state index contributed by atoms with van der Waals surface area (Å²) in [5.74, 6) is 0. The Hall–Kier alpha value is -1.06. The van der Waals surface area contributed by atoms with E-state index in [-0.39, 0.29) is 10.6 Å². The lowest BCUT2D eigenvalue weighted by Crippen LogP contribution is -2.15. The fraction of sp³-hybridized carbons (Fsp3) is 0.100. The fourth-order valence-corrected chi connectivity index (χ4v) is 4.64. The Morgan fingerprint density at radius 3 is 2.58 bits per heavy atom. The highest BCUT2D eigenvalue weighted by Crippen LogP contribution is 2.32. The lowest BCUT2D eigenvalue weighted by atomic mass is 10.3. The van der Waals surface area contributed by atoms with E-state index in [9.17, 15) is 8.42 Å². The van der Waals surface area contributed by atoms with E-state index in [0.29, 0.717) is 14.6 Å². The van der Waals surface area contributed by atoms with E-state index in [1.807, 2.05) is 0 Å². The van der Waals surface area contributed by atoms with Crippen LogP contribution in [-0.4, -0.2) is 18.2 Å². The first-order valence-electron chi connectivity index (χ1n) is 5.05. The third kappa shape index (κ3) is 3.10. The second kappa shape index (κ2) is 5.14. The molecule has 0 saturated carbocycles. The van der Waals surface area contributed by atoms with Crippen molar-refractivity contribution in [1.82, 2.24) is 9.78 Å². The van der Waals surface area contributed by atoms with Crippen molar-refractivity contribution in [3.05, 3.63) is 33.5 Å². The third-order valence-corrected chi connectivity index (χ3v) is 5.11. The van der Waals surface area contributed by atoms with Gasteiger partial charge in [-0.05, 0) is 28.1 Å². The molecule has 19 heavy (non-hydrogen) atoms. The maximum atomic E-state index is 12.3. The van der Waals surface area contributed by atoms with E-state index in [0.717, 1.165) is 0 Å². The Balaban J connectivity index is 2.45. The zero-order valence-electron chi connectivity index (χ0n) is 9.76. The molecule has 9 heteroatoms. The normalized spacial score (nSPS) is 11.5. The maximum absolute atomic E-state index is 12.3. The van der Waals surface area contributed by atoms with Gasteiger partial charge in [0.05, 0.1) is 17.6 Å². The Labute approximate surface area is 127 Å². The van der Waals surface area contributed by atoms with Crippen LogP contribution in [0.2, 0.25) is 0 Å². The van der Waals surface area contributed by atoms with Crippen molar-refractivity contribution in [3.63, 3.8) is 0 Å². The van der Waals surface area contributed by atoms with Crippen molar-refractivity contribution >= 4 is 53.3 Å². The van der Waals surface area contributed by atoms with E-state index in [1.165, 1.54) is 16.9 Å². The summed E-state index contributed by atoms with van der Waals surface area (Å²) in [4.78, 5) is -0.000414. The Morgan fingerprint density at radius 2 is 2.05 bits per heavy atom. The third-order valence-electron chi connectivity index (χ3n) is 2.26. The maximum Gasteiger partial charge on any atom is 0.265 e. The molecule has 0 atom stereocenters. The van der Waals surface area contributed by atoms with Crippen LogP contribution in [0.4, 0.5) is 11.4 Å². The number of rotatable bonds is 3. The van der Waals surface area contributed by atoms with Gasteiger partial charge in [0, 0.05) is 22.2 Å². The highest BCUT2D eigenvalue weighted by atomic mass is 79.9. The molecule has 2 aromatic rings. The highest BCUT2D eigenvalue weighted by Gasteiger charge is 2.22. The van der Waals surface area contributed by atoms with Crippen LogP contribution in [0.5, 0.6) is 0 Å². The molecule has 1 heterocycles. The molecule has 6 nitrogen and oxygen atoms in total. The molecule has 0 aliphatic carbocycles. The van der Waals surface area contributed by atoms with Gasteiger partial charge in [-0.25, -0.2) is 8.42 Å². The Morgan fingerprint density at radius 1 is 1.37 bits per heavy atom. The van der Waals surface area contributed by atoms with E-state index < -0.39 is 10.0 Å². The van der Waals surface area contributed by atoms with Crippen LogP contribution in [-0.2, 0) is 17.1 Å². The number of nitrogen functional groups attached to an aromatic ring is 1. The van der Waals surface area contributed by atoms with Gasteiger partial charge in [-0.15, -0.1) is 0 Å². The van der Waals surface area contributed by atoms with Crippen molar-refractivity contribution in [2.24, 2.45) is 7.05 Å². The topological polar surface area (TPSA) is 90.0 Å². The van der Waals surface area contributed by atoms with Gasteiger partial charge in [0.25, 0.3) is 10.0 Å². The summed E-state index contributed by atoms with van der Waals surface area (Å²) >= 11 is 6.45. The van der Waals surface area contributed by atoms with Crippen molar-refractivity contribution < 1.29 is 8.42 Å². The first-order chi connectivity index (χ1) is 8.79. The van der Waals surface area contributed by atoms with Crippen LogP contribution in [0.15, 0.2) is 38.4 Å². The number of benzene rings is 1. The second-order valence-electron chi connectivity index (χ2n) is 3.81. The SMILES string of the molecule is Cn1cc(NS(=O)(=O)c2c(N)cc(Br)cc2Br)cn1. The van der Waals surface area contributed by atoms with E-state index in [4.69, 9.17) is 5.73 Å². The summed E-state index contributed by atoms with van der Waals surface area (Å²) in [5, 5.41) is 3.89. The Bertz CT molecular complexity index is 704. The van der Waals surface area contributed by atoms with E-state index >= 15 is 0 Å². The largest absolute Gasteiger partial charge is 0.398 e. The Kier molecular flexibility index (Phi) is 3.88. The number of nitrogens with two attached hydrogens (primary N) is 1. The molecule has 0 aliphatic heterocycles. The average molecular weight is 410 g/mol. The van der Waals surface area contributed by atoms with Gasteiger partial charge in [0.1, 0.15) is 4.90 Å². The first-order valence-corrected chi connectivity index (χ1v) is 8.12. The van der Waals surface area contributed by atoms with Gasteiger partial charge in [0.15, 0.2) is 0 Å². The van der Waals surface area contributed by atoms with Crippen LogP contribution in [0.25, 0.3) is 0 Å². The molecular weight excluding hydrogens is 400 g/mol. The van der Waals surface area contributed by atoms with Crippen LogP contribution in [0.1, 0.15) is 0 Å². The molecule has 0 unspecified atom stereocenters. The van der Waals surface area contributed by atoms with Gasteiger partial charge in [0.2, 0.25) is 0 Å². The number of halogens is 2. The first kappa shape index (κ1) is 14.4. The van der Waals surface area contributed by atoms with Gasteiger partial charge >= 0.3 is 0 Å². The quantitative estimate of drug-likeness (QED) is 0.761. The van der Waals surface area contributed by atoms with Gasteiger partial charge < -0.3 is 5.73 Å². The molecule has 1 aromatic heterocycles. The molecule has 3 N–H and O–H groups in total. The molecule has 0 spiro atoms. The number of hydrogen-bond acceptors (Lipinski definition) is 4. The molecule has 0 bridgehead atoms. The molecular formula is C10H10Br2N4O2S. The van der Waals surface area contributed by atoms with E-state index in [1.54, 1.807) is 19.3 Å². The lowest BCUT2D eigenvalue weighted by Gasteiger charge is -2.11. The summed E-state index contributed by atoms with van der Waals surface area (Å²) in [7, 11) is -2.08. The van der Waals surface area contributed by atoms with Gasteiger partial charge in [-0.1, -0.05) is 15.9 Å². The van der Waals surface area contributed by atoms with Crippen LogP contribution < -0.4 is 10.5 Å². The minimum atomic E-state index is -3.77. The van der Waals surface area contributed by atoms with Crippen molar-refractivity contribution in [1.29, 1.82) is 0 Å². The van der Waals surface area contributed by atoms with Crippen molar-refractivity contribution in [2.45, 2.75) is 4.90 Å². The fourth-order valence-electron chi connectivity index (χ4n) is 1.54. The number of aromatic nitrogens is 2. The van der Waals surface area contributed by atoms with Crippen LogP contribution >= 0.6 is 31.9 Å². The summed E-state index contributed by atoms with van der Waals surface area (Å²) in [6.07, 6.45) is 2.97. The summed E-state index contributed by atoms with van der Waals surface area (Å²) in [5.41, 5.74) is 6.29. The molecule has 0 radical (unpaired) electrons. The van der Waals surface area contributed by atoms with Crippen molar-refractivity contribution in [2.75, 3.05) is 10.5 Å². The number of hydrogen-bond donors (Lipinski definition) is 2. The van der Waals surface area contributed by atoms with Crippen LogP contribution in [0.3, 0.4) is 0 Å². The zero-order valence-corrected chi connectivity index (χ0v) is 13.8. The number of sulfonamides is 1. The number of nitrogens with one attached hydrogen (secondary N) is 1. The molecule has 0 saturated heterocycles. The summed E-state index contributed by atoms with van der Waals surface area (Å²) < 4.78 is 29.6. The molecule has 2 rings (SSSR count). The standard InChI is InChI=1S/C10H10Br2N4O2S/c1-16-5-7(4-14-16)15-19(17,18)10-8(12)2-6(11)3-9(10)13/h2-5,15H,13H2,1H3. The summed E-state index contributed by atoms with van der Waals surface area (Å²) in [6, 6.07) is 3.15. The van der Waals surface area contributed by atoms with Gasteiger partial charge in [-0.2, -0.15) is 5.10 Å². The predicted molar refractivity (Wildman–Crippen MR) is 80.3 cm³/mol. The number of nitrogens with zero attached hydrogens (tertiary/aromatic N) is 2. The molecule has 1 aromatic carbocycles. The molecule has 102 valence electrons. The highest BCUT2D eigenvalue weighted by molar-refractivity contribution is 9.11. The minimum Gasteiger partial charge on any atom is -0.398 e. The summed E-state index contributed by atoms with van der Waals surface area (Å²) in [6.45, 7) is 0. The molecule has 0 fully saturated rings.